The molecule has 8 N–H and O–H groups in total. The van der Waals surface area contributed by atoms with Crippen LogP contribution < -0.4 is 0 Å². The smallest absolute Gasteiger partial charge is 0.338 e. The number of aromatic hydroxyl groups is 1. The van der Waals surface area contributed by atoms with Gasteiger partial charge in [0.25, 0.3) is 0 Å². The Labute approximate surface area is 181 Å². The highest BCUT2D eigenvalue weighted by Crippen LogP contribution is 2.36. The number of carbonyl (C=O) groups excluding carboxylic acids is 1. The van der Waals surface area contributed by atoms with E-state index in [4.69, 9.17) is 18.9 Å². The van der Waals surface area contributed by atoms with Gasteiger partial charge in [0.2, 0.25) is 5.79 Å². The van der Waals surface area contributed by atoms with Crippen molar-refractivity contribution < 1.29 is 64.6 Å². The minimum absolute atomic E-state index is 0.0626. The van der Waals surface area contributed by atoms with Gasteiger partial charge in [-0.3, -0.25) is 0 Å². The first-order valence-corrected chi connectivity index (χ1v) is 9.73. The fourth-order valence-electron chi connectivity index (χ4n) is 3.46. The Hall–Kier alpha value is -1.91. The second kappa shape index (κ2) is 9.93. The van der Waals surface area contributed by atoms with Crippen molar-refractivity contribution in [3.8, 4) is 5.75 Å². The molecule has 0 saturated carbocycles. The molecule has 13 heteroatoms. The summed E-state index contributed by atoms with van der Waals surface area (Å²) in [6.07, 6.45) is -13.4. The first-order chi connectivity index (χ1) is 15.1. The minimum Gasteiger partial charge on any atom is -0.508 e. The summed E-state index contributed by atoms with van der Waals surface area (Å²) in [5.41, 5.74) is 0.0900. The normalized spacial score (nSPS) is 39.7. The van der Waals surface area contributed by atoms with E-state index in [1.54, 1.807) is 0 Å². The highest BCUT2D eigenvalue weighted by atomic mass is 16.8. The van der Waals surface area contributed by atoms with E-state index in [1.165, 1.54) is 24.3 Å². The number of phenolic OH excluding ortho intramolecular Hbond substituents is 1. The summed E-state index contributed by atoms with van der Waals surface area (Å²) in [6.45, 7) is -2.32. The van der Waals surface area contributed by atoms with Crippen LogP contribution in [0.2, 0.25) is 0 Å². The zero-order valence-corrected chi connectivity index (χ0v) is 16.7. The zero-order chi connectivity index (χ0) is 23.6. The molecule has 0 spiro atoms. The Morgan fingerprint density at radius 1 is 0.938 bits per heavy atom. The van der Waals surface area contributed by atoms with Crippen LogP contribution in [0.1, 0.15) is 10.4 Å². The number of hydrogen-bond acceptors (Lipinski definition) is 13. The lowest BCUT2D eigenvalue weighted by molar-refractivity contribution is -0.383. The molecule has 2 aliphatic heterocycles. The molecule has 2 aliphatic rings. The van der Waals surface area contributed by atoms with Gasteiger partial charge in [0.05, 0.1) is 12.2 Å². The Balaban J connectivity index is 1.69. The van der Waals surface area contributed by atoms with Crippen LogP contribution >= 0.6 is 0 Å². The third kappa shape index (κ3) is 4.72. The van der Waals surface area contributed by atoms with Crippen molar-refractivity contribution in [2.75, 3.05) is 19.8 Å². The van der Waals surface area contributed by atoms with Gasteiger partial charge in [-0.05, 0) is 24.3 Å². The summed E-state index contributed by atoms with van der Waals surface area (Å²) < 4.78 is 21.0. The predicted molar refractivity (Wildman–Crippen MR) is 99.9 cm³/mol. The van der Waals surface area contributed by atoms with Crippen LogP contribution in [0.5, 0.6) is 5.75 Å². The van der Waals surface area contributed by atoms with Crippen molar-refractivity contribution in [2.24, 2.45) is 0 Å². The molecule has 1 aromatic rings. The maximum absolute atomic E-state index is 12.1. The third-order valence-electron chi connectivity index (χ3n) is 5.37. The lowest BCUT2D eigenvalue weighted by Gasteiger charge is -2.43. The average molecular weight is 462 g/mol. The SMILES string of the molecule is O=C(OCC1O[C@H](O[C@]2(CO)O[C@H](CO)C(O)[C@H]2O)[C@@H](O)C(O)[C@@H]1O)c1ccc(O)cc1. The molecule has 9 atom stereocenters. The molecular formula is C19H26O13. The van der Waals surface area contributed by atoms with Crippen molar-refractivity contribution >= 4 is 5.97 Å². The largest absolute Gasteiger partial charge is 0.508 e. The van der Waals surface area contributed by atoms with Crippen LogP contribution in [-0.2, 0) is 18.9 Å². The molecule has 1 aromatic carbocycles. The zero-order valence-electron chi connectivity index (χ0n) is 16.7. The molecule has 0 bridgehead atoms. The van der Waals surface area contributed by atoms with Crippen molar-refractivity contribution in [2.45, 2.75) is 54.8 Å². The summed E-state index contributed by atoms with van der Waals surface area (Å²) in [7, 11) is 0. The van der Waals surface area contributed by atoms with Gasteiger partial charge in [-0.15, -0.1) is 0 Å². The molecule has 2 heterocycles. The average Bonchev–Trinajstić information content (AvgIpc) is 3.03. The van der Waals surface area contributed by atoms with Crippen molar-refractivity contribution in [1.82, 2.24) is 0 Å². The molecule has 0 aliphatic carbocycles. The van der Waals surface area contributed by atoms with Gasteiger partial charge in [-0.2, -0.15) is 0 Å². The molecule has 2 saturated heterocycles. The molecule has 0 radical (unpaired) electrons. The van der Waals surface area contributed by atoms with E-state index in [2.05, 4.69) is 0 Å². The number of hydrogen-bond donors (Lipinski definition) is 8. The van der Waals surface area contributed by atoms with Gasteiger partial charge in [-0.25, -0.2) is 4.79 Å². The van der Waals surface area contributed by atoms with E-state index in [-0.39, 0.29) is 11.3 Å². The maximum Gasteiger partial charge on any atom is 0.338 e. The molecular weight excluding hydrogens is 436 g/mol. The lowest BCUT2D eigenvalue weighted by Crippen LogP contribution is -2.62. The van der Waals surface area contributed by atoms with Crippen LogP contribution in [0.15, 0.2) is 24.3 Å². The van der Waals surface area contributed by atoms with Crippen LogP contribution in [0, 0.1) is 0 Å². The van der Waals surface area contributed by atoms with Gasteiger partial charge < -0.3 is 59.8 Å². The Morgan fingerprint density at radius 2 is 1.59 bits per heavy atom. The highest BCUT2D eigenvalue weighted by Gasteiger charge is 2.58. The molecule has 0 aromatic heterocycles. The molecule has 32 heavy (non-hydrogen) atoms. The molecule has 3 unspecified atom stereocenters. The molecule has 0 amide bonds. The van der Waals surface area contributed by atoms with Crippen LogP contribution in [0.4, 0.5) is 0 Å². The van der Waals surface area contributed by atoms with Crippen molar-refractivity contribution in [3.63, 3.8) is 0 Å². The van der Waals surface area contributed by atoms with Crippen LogP contribution in [-0.4, -0.2) is 121 Å². The summed E-state index contributed by atoms with van der Waals surface area (Å²) in [5.74, 6) is -3.20. The van der Waals surface area contributed by atoms with Gasteiger partial charge >= 0.3 is 5.97 Å². The van der Waals surface area contributed by atoms with E-state index >= 15 is 0 Å². The van der Waals surface area contributed by atoms with Crippen LogP contribution in [0.3, 0.4) is 0 Å². The van der Waals surface area contributed by atoms with Crippen molar-refractivity contribution in [3.05, 3.63) is 29.8 Å². The Kier molecular flexibility index (Phi) is 7.67. The number of benzene rings is 1. The number of aliphatic hydroxyl groups is 7. The van der Waals surface area contributed by atoms with Crippen LogP contribution in [0.25, 0.3) is 0 Å². The van der Waals surface area contributed by atoms with E-state index < -0.39 is 80.6 Å². The predicted octanol–water partition coefficient (Wildman–Crippen LogP) is -3.83. The summed E-state index contributed by atoms with van der Waals surface area (Å²) in [5, 5.41) is 79.0. The quantitative estimate of drug-likeness (QED) is 0.183. The molecule has 13 nitrogen and oxygen atoms in total. The number of rotatable bonds is 7. The number of phenols is 1. The molecule has 2 fully saturated rings. The third-order valence-corrected chi connectivity index (χ3v) is 5.37. The van der Waals surface area contributed by atoms with E-state index in [1.807, 2.05) is 0 Å². The maximum atomic E-state index is 12.1. The minimum atomic E-state index is -2.31. The topological polar surface area (TPSA) is 216 Å². The second-order valence-electron chi connectivity index (χ2n) is 7.52. The first kappa shape index (κ1) is 24.7. The van der Waals surface area contributed by atoms with Gasteiger partial charge in [0, 0.05) is 0 Å². The second-order valence-corrected chi connectivity index (χ2v) is 7.52. The van der Waals surface area contributed by atoms with Gasteiger partial charge in [-0.1, -0.05) is 0 Å². The standard InChI is InChI=1S/C19H26O13/c20-5-10-13(24)16(27)19(7-21,31-10)32-18-15(26)14(25)12(23)11(30-18)6-29-17(28)8-1-3-9(22)4-2-8/h1-4,10-16,18,20-27H,5-7H2/t10-,11?,12-,13?,14?,15+,16-,18-,19+/m1/s1. The number of carbonyl (C=O) groups is 1. The number of aliphatic hydroxyl groups excluding tert-OH is 7. The summed E-state index contributed by atoms with van der Waals surface area (Å²) >= 11 is 0. The summed E-state index contributed by atoms with van der Waals surface area (Å²) in [6, 6.07) is 5.13. The fraction of sp³-hybridized carbons (Fsp3) is 0.632. The lowest BCUT2D eigenvalue weighted by atomic mass is 9.99. The van der Waals surface area contributed by atoms with E-state index in [0.29, 0.717) is 0 Å². The molecule has 180 valence electrons. The van der Waals surface area contributed by atoms with Crippen molar-refractivity contribution in [1.29, 1.82) is 0 Å². The monoisotopic (exact) mass is 462 g/mol. The fourth-order valence-corrected chi connectivity index (χ4v) is 3.46. The first-order valence-electron chi connectivity index (χ1n) is 9.73. The Morgan fingerprint density at radius 3 is 2.16 bits per heavy atom. The van der Waals surface area contributed by atoms with E-state index in [0.717, 1.165) is 0 Å². The Bertz CT molecular complexity index is 773. The summed E-state index contributed by atoms with van der Waals surface area (Å²) in [4.78, 5) is 12.1. The van der Waals surface area contributed by atoms with Gasteiger partial charge in [0.1, 0.15) is 61.7 Å². The number of ether oxygens (including phenoxy) is 4. The highest BCUT2D eigenvalue weighted by molar-refractivity contribution is 5.89. The number of esters is 1. The van der Waals surface area contributed by atoms with Gasteiger partial charge in [0.15, 0.2) is 6.29 Å². The molecule has 3 rings (SSSR count). The van der Waals surface area contributed by atoms with E-state index in [9.17, 15) is 45.6 Å².